The van der Waals surface area contributed by atoms with E-state index in [1.807, 2.05) is 27.2 Å². The first kappa shape index (κ1) is 61.9. The van der Waals surface area contributed by atoms with E-state index in [0.29, 0.717) is 30.3 Å². The van der Waals surface area contributed by atoms with E-state index in [1.54, 1.807) is 0 Å². The summed E-state index contributed by atoms with van der Waals surface area (Å²) in [6.07, 6.45) is 67.8. The van der Waals surface area contributed by atoms with Crippen LogP contribution in [0.1, 0.15) is 142 Å². The predicted octanol–water partition coefficient (Wildman–Crippen LogP) is 14.8. The molecule has 0 bridgehead atoms. The molecule has 10 heteroatoms. The largest absolute Gasteiger partial charge is 0.472 e. The summed E-state index contributed by atoms with van der Waals surface area (Å²) in [5, 5.41) is 0. The van der Waals surface area contributed by atoms with Crippen molar-refractivity contribution in [2.45, 2.75) is 148 Å². The van der Waals surface area contributed by atoms with Crippen molar-refractivity contribution < 1.29 is 42.1 Å². The Labute approximate surface area is 402 Å². The highest BCUT2D eigenvalue weighted by Gasteiger charge is 2.27. The summed E-state index contributed by atoms with van der Waals surface area (Å²) >= 11 is 0. The van der Waals surface area contributed by atoms with Gasteiger partial charge in [-0.2, -0.15) is 0 Å². The number of phosphoric acid groups is 1. The number of nitrogens with zero attached hydrogens (tertiary/aromatic N) is 1. The number of carbonyl (C=O) groups excluding carboxylic acids is 2. The van der Waals surface area contributed by atoms with Crippen LogP contribution in [0, 0.1) is 0 Å². The van der Waals surface area contributed by atoms with Gasteiger partial charge in [-0.3, -0.25) is 18.6 Å². The molecule has 0 amide bonds. The number of allylic oxidation sites excluding steroid dienone is 24. The lowest BCUT2D eigenvalue weighted by molar-refractivity contribution is -0.870. The van der Waals surface area contributed by atoms with E-state index < -0.39 is 32.5 Å². The zero-order valence-corrected chi connectivity index (χ0v) is 42.5. The number of likely N-dealkylation sites (N-methyl/N-ethyl adjacent to an activating group) is 1. The predicted molar refractivity (Wildman–Crippen MR) is 279 cm³/mol. The van der Waals surface area contributed by atoms with Gasteiger partial charge in [-0.05, 0) is 109 Å². The van der Waals surface area contributed by atoms with Gasteiger partial charge >= 0.3 is 19.8 Å². The Morgan fingerprint density at radius 3 is 1.23 bits per heavy atom. The average molecular weight is 935 g/mol. The highest BCUT2D eigenvalue weighted by atomic mass is 31.2. The molecule has 9 nitrogen and oxygen atoms in total. The maximum absolute atomic E-state index is 12.7. The first-order valence-corrected chi connectivity index (χ1v) is 26.1. The Morgan fingerprint density at radius 2 is 0.833 bits per heavy atom. The molecule has 0 aliphatic heterocycles. The van der Waals surface area contributed by atoms with E-state index in [0.717, 1.165) is 96.3 Å². The molecule has 0 saturated heterocycles. The number of hydrogen-bond donors (Lipinski definition) is 1. The minimum Gasteiger partial charge on any atom is -0.462 e. The summed E-state index contributed by atoms with van der Waals surface area (Å²) in [6.45, 7) is 4.05. The van der Waals surface area contributed by atoms with Crippen LogP contribution >= 0.6 is 7.82 Å². The van der Waals surface area contributed by atoms with Crippen LogP contribution in [-0.2, 0) is 32.7 Å². The molecular weight excluding hydrogens is 846 g/mol. The fraction of sp³-hybridized carbons (Fsp3) is 0.536. The van der Waals surface area contributed by atoms with Crippen LogP contribution in [0.2, 0.25) is 0 Å². The molecular formula is C56H89NO8P+. The molecule has 66 heavy (non-hydrogen) atoms. The fourth-order valence-corrected chi connectivity index (χ4v) is 6.36. The Hall–Kier alpha value is -4.11. The van der Waals surface area contributed by atoms with E-state index >= 15 is 0 Å². The fourth-order valence-electron chi connectivity index (χ4n) is 5.62. The average Bonchev–Trinajstić information content (AvgIpc) is 3.27. The SMILES string of the molecule is CC/C=C\C/C=C\C/C=C\C/C=C\C/C=C\C/C=C\C/C=C\C/C=C\C/C=C\CCCC(=O)OC(COC(=O)CCCCC/C=C\C/C=C\C/C=C\CC)COP(=O)(O)OCC[N+](C)(C)C. The third-order valence-electron chi connectivity index (χ3n) is 9.36. The number of ether oxygens (including phenoxy) is 2. The molecule has 0 aliphatic carbocycles. The lowest BCUT2D eigenvalue weighted by Crippen LogP contribution is -2.37. The van der Waals surface area contributed by atoms with Crippen LogP contribution < -0.4 is 0 Å². The molecule has 2 atom stereocenters. The Morgan fingerprint density at radius 1 is 0.470 bits per heavy atom. The number of rotatable bonds is 42. The molecule has 0 heterocycles. The van der Waals surface area contributed by atoms with Crippen LogP contribution in [0.5, 0.6) is 0 Å². The molecule has 370 valence electrons. The molecule has 0 aromatic carbocycles. The smallest absolute Gasteiger partial charge is 0.462 e. The van der Waals surface area contributed by atoms with Crippen molar-refractivity contribution in [1.82, 2.24) is 0 Å². The number of phosphoric ester groups is 1. The summed E-state index contributed by atoms with van der Waals surface area (Å²) in [7, 11) is 1.39. The van der Waals surface area contributed by atoms with Crippen molar-refractivity contribution in [3.63, 3.8) is 0 Å². The highest BCUT2D eigenvalue weighted by Crippen LogP contribution is 2.43. The van der Waals surface area contributed by atoms with Crippen LogP contribution in [0.3, 0.4) is 0 Å². The molecule has 0 radical (unpaired) electrons. The topological polar surface area (TPSA) is 108 Å². The molecule has 1 N–H and O–H groups in total. The van der Waals surface area contributed by atoms with Gasteiger partial charge in [0.05, 0.1) is 27.7 Å². The van der Waals surface area contributed by atoms with E-state index in [9.17, 15) is 19.0 Å². The first-order valence-electron chi connectivity index (χ1n) is 24.6. The number of hydrogen-bond acceptors (Lipinski definition) is 7. The monoisotopic (exact) mass is 935 g/mol. The van der Waals surface area contributed by atoms with E-state index in [2.05, 4.69) is 154 Å². The van der Waals surface area contributed by atoms with Crippen molar-refractivity contribution in [2.75, 3.05) is 47.5 Å². The molecule has 0 saturated carbocycles. The van der Waals surface area contributed by atoms with Crippen molar-refractivity contribution in [3.05, 3.63) is 146 Å². The third kappa shape index (κ3) is 49.3. The van der Waals surface area contributed by atoms with Gasteiger partial charge in [-0.15, -0.1) is 0 Å². The molecule has 0 spiro atoms. The van der Waals surface area contributed by atoms with Crippen molar-refractivity contribution >= 4 is 19.8 Å². The maximum Gasteiger partial charge on any atom is 0.472 e. The van der Waals surface area contributed by atoms with Gasteiger partial charge in [-0.25, -0.2) is 4.57 Å². The number of esters is 2. The normalized spacial score (nSPS) is 14.7. The van der Waals surface area contributed by atoms with Crippen molar-refractivity contribution in [1.29, 1.82) is 0 Å². The molecule has 0 aromatic heterocycles. The minimum atomic E-state index is -4.41. The second kappa shape index (κ2) is 46.0. The summed E-state index contributed by atoms with van der Waals surface area (Å²) in [4.78, 5) is 35.4. The van der Waals surface area contributed by atoms with Crippen LogP contribution in [0.25, 0.3) is 0 Å². The van der Waals surface area contributed by atoms with Crippen LogP contribution in [0.4, 0.5) is 0 Å². The molecule has 0 fully saturated rings. The highest BCUT2D eigenvalue weighted by molar-refractivity contribution is 7.47. The summed E-state index contributed by atoms with van der Waals surface area (Å²) in [5.41, 5.74) is 0. The van der Waals surface area contributed by atoms with E-state index in [-0.39, 0.29) is 26.1 Å². The summed E-state index contributed by atoms with van der Waals surface area (Å²) < 4.78 is 34.2. The van der Waals surface area contributed by atoms with Gasteiger partial charge in [0.2, 0.25) is 0 Å². The second-order valence-corrected chi connectivity index (χ2v) is 18.2. The number of unbranched alkanes of at least 4 members (excludes halogenated alkanes) is 4. The first-order chi connectivity index (χ1) is 32.0. The Kier molecular flexibility index (Phi) is 43.2. The second-order valence-electron chi connectivity index (χ2n) is 16.7. The maximum atomic E-state index is 12.7. The Balaban J connectivity index is 4.43. The molecule has 2 unspecified atom stereocenters. The van der Waals surface area contributed by atoms with Crippen molar-refractivity contribution in [3.8, 4) is 0 Å². The zero-order valence-electron chi connectivity index (χ0n) is 41.6. The summed E-state index contributed by atoms with van der Waals surface area (Å²) in [5.74, 6) is -0.921. The van der Waals surface area contributed by atoms with Gasteiger partial charge in [0, 0.05) is 12.8 Å². The van der Waals surface area contributed by atoms with Gasteiger partial charge in [0.15, 0.2) is 6.10 Å². The van der Waals surface area contributed by atoms with Gasteiger partial charge in [0.25, 0.3) is 0 Å². The lowest BCUT2D eigenvalue weighted by Gasteiger charge is -2.24. The van der Waals surface area contributed by atoms with Crippen LogP contribution in [0.15, 0.2) is 146 Å². The van der Waals surface area contributed by atoms with Crippen LogP contribution in [-0.4, -0.2) is 74.9 Å². The van der Waals surface area contributed by atoms with Gasteiger partial charge < -0.3 is 18.9 Å². The van der Waals surface area contributed by atoms with Gasteiger partial charge in [-0.1, -0.05) is 166 Å². The molecule has 0 aromatic rings. The minimum absolute atomic E-state index is 0.00653. The standard InChI is InChI=1S/C56H88NO8P/c1-6-8-10-12-14-16-18-20-21-22-23-24-25-26-27-28-29-30-31-32-33-34-35-37-39-41-43-45-47-49-56(59)65-54(53-64-66(60,61)63-51-50-57(3,4)5)52-62-55(58)48-46-44-42-40-38-36-19-17-15-13-11-9-7-2/h8-11,14-17,20-21,23-24,26-27,29-30,32-33,35-38,41,43,54H,6-7,12-13,18-19,22,25,28,31,34,39-40,42,44-53H2,1-5H3/p+1/b10-8-,11-9-,16-14-,17-15-,21-20-,24-23-,27-26-,30-29-,33-32-,37-35-,38-36-,43-41-. The number of carbonyl (C=O) groups is 2. The molecule has 0 rings (SSSR count). The van der Waals surface area contributed by atoms with E-state index in [1.165, 1.54) is 0 Å². The van der Waals surface area contributed by atoms with Crippen molar-refractivity contribution in [2.24, 2.45) is 0 Å². The van der Waals surface area contributed by atoms with E-state index in [4.69, 9.17) is 18.5 Å². The Bertz CT molecular complexity index is 1620. The third-order valence-corrected chi connectivity index (χ3v) is 10.3. The zero-order chi connectivity index (χ0) is 48.5. The number of quaternary nitrogens is 1. The quantitative estimate of drug-likeness (QED) is 0.0212. The summed E-state index contributed by atoms with van der Waals surface area (Å²) in [6, 6.07) is 0. The molecule has 0 aliphatic rings. The lowest BCUT2D eigenvalue weighted by atomic mass is 10.1. The van der Waals surface area contributed by atoms with Gasteiger partial charge in [0.1, 0.15) is 19.8 Å².